The SMILES string of the molecule is O=C(NCC[C@@H]1COc2ccccc2O1)c1cc[nH]c1. The number of ether oxygens (including phenoxy) is 2. The second kappa shape index (κ2) is 5.69. The van der Waals surface area contributed by atoms with Crippen molar-refractivity contribution in [3.8, 4) is 11.5 Å². The zero-order chi connectivity index (χ0) is 13.8. The summed E-state index contributed by atoms with van der Waals surface area (Å²) < 4.78 is 11.4. The van der Waals surface area contributed by atoms with Crippen LogP contribution in [0.5, 0.6) is 11.5 Å². The molecule has 1 aliphatic heterocycles. The van der Waals surface area contributed by atoms with Gasteiger partial charge in [-0.2, -0.15) is 0 Å². The summed E-state index contributed by atoms with van der Waals surface area (Å²) in [5.41, 5.74) is 0.635. The number of rotatable bonds is 4. The van der Waals surface area contributed by atoms with E-state index in [0.29, 0.717) is 25.1 Å². The molecule has 0 bridgehead atoms. The van der Waals surface area contributed by atoms with Gasteiger partial charge < -0.3 is 19.8 Å². The van der Waals surface area contributed by atoms with E-state index in [9.17, 15) is 4.79 Å². The smallest absolute Gasteiger partial charge is 0.252 e. The Morgan fingerprint density at radius 3 is 2.95 bits per heavy atom. The van der Waals surface area contributed by atoms with Gasteiger partial charge in [-0.3, -0.25) is 4.79 Å². The van der Waals surface area contributed by atoms with Gasteiger partial charge in [0.2, 0.25) is 0 Å². The molecule has 0 saturated carbocycles. The van der Waals surface area contributed by atoms with Crippen LogP contribution in [-0.4, -0.2) is 30.1 Å². The number of para-hydroxylation sites is 2. The van der Waals surface area contributed by atoms with Crippen LogP contribution in [0.15, 0.2) is 42.7 Å². The van der Waals surface area contributed by atoms with E-state index < -0.39 is 0 Å². The van der Waals surface area contributed by atoms with Gasteiger partial charge >= 0.3 is 0 Å². The molecule has 2 N–H and O–H groups in total. The third-order valence-corrected chi connectivity index (χ3v) is 3.18. The number of benzene rings is 1. The van der Waals surface area contributed by atoms with Gasteiger partial charge in [-0.1, -0.05) is 12.1 Å². The lowest BCUT2D eigenvalue weighted by Gasteiger charge is -2.26. The topological polar surface area (TPSA) is 63.4 Å². The molecule has 1 aromatic heterocycles. The summed E-state index contributed by atoms with van der Waals surface area (Å²) in [6.07, 6.45) is 4.08. The molecule has 0 radical (unpaired) electrons. The largest absolute Gasteiger partial charge is 0.486 e. The molecule has 0 fully saturated rings. The zero-order valence-corrected chi connectivity index (χ0v) is 11.0. The summed E-state index contributed by atoms with van der Waals surface area (Å²) in [6, 6.07) is 9.35. The van der Waals surface area contributed by atoms with Crippen LogP contribution in [0.4, 0.5) is 0 Å². The lowest BCUT2D eigenvalue weighted by atomic mass is 10.2. The summed E-state index contributed by atoms with van der Waals surface area (Å²) in [6.45, 7) is 1.07. The highest BCUT2D eigenvalue weighted by Gasteiger charge is 2.20. The van der Waals surface area contributed by atoms with Gasteiger partial charge in [0.1, 0.15) is 12.7 Å². The first kappa shape index (κ1) is 12.6. The standard InChI is InChI=1S/C15H16N2O3/c18-15(11-5-7-16-9-11)17-8-6-12-10-19-13-3-1-2-4-14(13)20-12/h1-5,7,9,12,16H,6,8,10H2,(H,17,18)/t12-/m1/s1. The summed E-state index contributed by atoms with van der Waals surface area (Å²) in [5, 5.41) is 2.86. The summed E-state index contributed by atoms with van der Waals surface area (Å²) in [5.74, 6) is 1.46. The number of hydrogen-bond acceptors (Lipinski definition) is 3. The monoisotopic (exact) mass is 272 g/mol. The van der Waals surface area contributed by atoms with Gasteiger partial charge in [0.15, 0.2) is 11.5 Å². The highest BCUT2D eigenvalue weighted by Crippen LogP contribution is 2.31. The normalized spacial score (nSPS) is 16.7. The average Bonchev–Trinajstić information content (AvgIpc) is 3.01. The molecule has 20 heavy (non-hydrogen) atoms. The van der Waals surface area contributed by atoms with Gasteiger partial charge in [0, 0.05) is 25.4 Å². The molecule has 2 aromatic rings. The second-order valence-corrected chi connectivity index (χ2v) is 4.64. The minimum atomic E-state index is -0.0802. The van der Waals surface area contributed by atoms with Crippen LogP contribution in [0.25, 0.3) is 0 Å². The number of aromatic nitrogens is 1. The Labute approximate surface area is 116 Å². The summed E-state index contributed by atoms with van der Waals surface area (Å²) >= 11 is 0. The van der Waals surface area contributed by atoms with Crippen molar-refractivity contribution in [2.24, 2.45) is 0 Å². The maximum atomic E-state index is 11.7. The van der Waals surface area contributed by atoms with E-state index in [2.05, 4.69) is 10.3 Å². The molecule has 0 spiro atoms. The molecule has 2 heterocycles. The van der Waals surface area contributed by atoms with E-state index in [1.54, 1.807) is 18.5 Å². The van der Waals surface area contributed by atoms with Crippen molar-refractivity contribution in [3.05, 3.63) is 48.3 Å². The quantitative estimate of drug-likeness (QED) is 0.894. The fraction of sp³-hybridized carbons (Fsp3) is 0.267. The Morgan fingerprint density at radius 1 is 1.30 bits per heavy atom. The molecule has 1 aliphatic rings. The number of hydrogen-bond donors (Lipinski definition) is 2. The maximum absolute atomic E-state index is 11.7. The van der Waals surface area contributed by atoms with E-state index in [1.807, 2.05) is 24.3 Å². The van der Waals surface area contributed by atoms with Gasteiger partial charge in [-0.25, -0.2) is 0 Å². The maximum Gasteiger partial charge on any atom is 0.252 e. The van der Waals surface area contributed by atoms with E-state index in [0.717, 1.165) is 11.5 Å². The fourth-order valence-corrected chi connectivity index (χ4v) is 2.12. The van der Waals surface area contributed by atoms with Gasteiger partial charge in [-0.05, 0) is 18.2 Å². The first-order chi connectivity index (χ1) is 9.83. The third-order valence-electron chi connectivity index (χ3n) is 3.18. The van der Waals surface area contributed by atoms with Crippen LogP contribution in [0.2, 0.25) is 0 Å². The average molecular weight is 272 g/mol. The first-order valence-corrected chi connectivity index (χ1v) is 6.62. The van der Waals surface area contributed by atoms with Gasteiger partial charge in [0.05, 0.1) is 5.56 Å². The van der Waals surface area contributed by atoms with E-state index in [4.69, 9.17) is 9.47 Å². The Hall–Kier alpha value is -2.43. The number of aromatic amines is 1. The van der Waals surface area contributed by atoms with Crippen LogP contribution >= 0.6 is 0 Å². The van der Waals surface area contributed by atoms with Crippen LogP contribution in [0.3, 0.4) is 0 Å². The van der Waals surface area contributed by atoms with Crippen LogP contribution < -0.4 is 14.8 Å². The van der Waals surface area contributed by atoms with Gasteiger partial charge in [-0.15, -0.1) is 0 Å². The molecular formula is C15H16N2O3. The first-order valence-electron chi connectivity index (χ1n) is 6.62. The molecule has 1 atom stereocenters. The molecule has 5 nitrogen and oxygen atoms in total. The van der Waals surface area contributed by atoms with Crippen LogP contribution in [0.1, 0.15) is 16.8 Å². The number of nitrogens with one attached hydrogen (secondary N) is 2. The fourth-order valence-electron chi connectivity index (χ4n) is 2.12. The molecule has 104 valence electrons. The van der Waals surface area contributed by atoms with Gasteiger partial charge in [0.25, 0.3) is 5.91 Å². The predicted octanol–water partition coefficient (Wildman–Crippen LogP) is 1.97. The van der Waals surface area contributed by atoms with Crippen molar-refractivity contribution in [3.63, 3.8) is 0 Å². The predicted molar refractivity (Wildman–Crippen MR) is 74.1 cm³/mol. The molecule has 1 aromatic carbocycles. The number of carbonyl (C=O) groups is 1. The van der Waals surface area contributed by atoms with Crippen molar-refractivity contribution in [1.29, 1.82) is 0 Å². The van der Waals surface area contributed by atoms with Crippen molar-refractivity contribution in [2.75, 3.05) is 13.2 Å². The number of H-pyrrole nitrogens is 1. The van der Waals surface area contributed by atoms with Crippen molar-refractivity contribution in [2.45, 2.75) is 12.5 Å². The van der Waals surface area contributed by atoms with Crippen LogP contribution in [0, 0.1) is 0 Å². The van der Waals surface area contributed by atoms with E-state index in [-0.39, 0.29) is 12.0 Å². The van der Waals surface area contributed by atoms with E-state index in [1.165, 1.54) is 0 Å². The lowest BCUT2D eigenvalue weighted by molar-refractivity contribution is 0.0813. The molecule has 3 rings (SSSR count). The summed E-state index contributed by atoms with van der Waals surface area (Å²) in [4.78, 5) is 14.6. The number of fused-ring (bicyclic) bond motifs is 1. The minimum absolute atomic E-state index is 0.0311. The molecule has 0 aliphatic carbocycles. The molecule has 0 unspecified atom stereocenters. The lowest BCUT2D eigenvalue weighted by Crippen LogP contribution is -2.34. The second-order valence-electron chi connectivity index (χ2n) is 4.64. The Kier molecular flexibility index (Phi) is 3.58. The van der Waals surface area contributed by atoms with E-state index >= 15 is 0 Å². The van der Waals surface area contributed by atoms with Crippen molar-refractivity contribution < 1.29 is 14.3 Å². The molecule has 5 heteroatoms. The number of carbonyl (C=O) groups excluding carboxylic acids is 1. The van der Waals surface area contributed by atoms with Crippen molar-refractivity contribution >= 4 is 5.91 Å². The zero-order valence-electron chi connectivity index (χ0n) is 11.0. The highest BCUT2D eigenvalue weighted by molar-refractivity contribution is 5.93. The Morgan fingerprint density at radius 2 is 2.15 bits per heavy atom. The van der Waals surface area contributed by atoms with Crippen molar-refractivity contribution in [1.82, 2.24) is 10.3 Å². The minimum Gasteiger partial charge on any atom is -0.486 e. The number of amides is 1. The third kappa shape index (κ3) is 2.77. The molecule has 0 saturated heterocycles. The van der Waals surface area contributed by atoms with Crippen LogP contribution in [-0.2, 0) is 0 Å². The highest BCUT2D eigenvalue weighted by atomic mass is 16.6. The molecule has 1 amide bonds. The molecular weight excluding hydrogens is 256 g/mol. The summed E-state index contributed by atoms with van der Waals surface area (Å²) in [7, 11) is 0. The Balaban J connectivity index is 1.47. The Bertz CT molecular complexity index is 581.